The minimum atomic E-state index is 0.0858. The van der Waals surface area contributed by atoms with Crippen LogP contribution in [0.2, 0.25) is 5.02 Å². The maximum absolute atomic E-state index is 9.58. The summed E-state index contributed by atoms with van der Waals surface area (Å²) >= 11 is 5.96. The zero-order valence-electron chi connectivity index (χ0n) is 11.5. The summed E-state index contributed by atoms with van der Waals surface area (Å²) in [7, 11) is 0. The van der Waals surface area contributed by atoms with Crippen LogP contribution in [0.1, 0.15) is 31.4 Å². The third kappa shape index (κ3) is 2.82. The number of rotatable bonds is 5. The van der Waals surface area contributed by atoms with E-state index in [4.69, 9.17) is 11.6 Å². The highest BCUT2D eigenvalue weighted by molar-refractivity contribution is 6.30. The number of fused-ring (bicyclic) bond motifs is 1. The Morgan fingerprint density at radius 1 is 1.30 bits per heavy atom. The van der Waals surface area contributed by atoms with Gasteiger partial charge in [0.05, 0.1) is 10.7 Å². The maximum Gasteiger partial charge on any atom is 0.137 e. The molecular formula is C15H20ClN3O. The molecule has 0 unspecified atom stereocenters. The predicted octanol–water partition coefficient (Wildman–Crippen LogP) is 2.63. The zero-order valence-corrected chi connectivity index (χ0v) is 12.2. The van der Waals surface area contributed by atoms with Gasteiger partial charge in [0.2, 0.25) is 0 Å². The van der Waals surface area contributed by atoms with E-state index in [0.717, 1.165) is 37.3 Å². The summed E-state index contributed by atoms with van der Waals surface area (Å²) in [5.41, 5.74) is 1.99. The van der Waals surface area contributed by atoms with Crippen molar-refractivity contribution in [2.75, 3.05) is 13.2 Å². The lowest BCUT2D eigenvalue weighted by Crippen LogP contribution is -2.34. The number of hydrogen-bond donors (Lipinski definition) is 2. The molecule has 2 aromatic heterocycles. The molecule has 2 heterocycles. The van der Waals surface area contributed by atoms with Gasteiger partial charge >= 0.3 is 0 Å². The molecule has 3 rings (SSSR count). The van der Waals surface area contributed by atoms with Crippen LogP contribution in [-0.2, 0) is 6.54 Å². The lowest BCUT2D eigenvalue weighted by Gasteiger charge is -2.26. The molecule has 0 saturated heterocycles. The first-order chi connectivity index (χ1) is 9.71. The first-order valence-electron chi connectivity index (χ1n) is 7.16. The third-order valence-electron chi connectivity index (χ3n) is 4.27. The molecule has 0 radical (unpaired) electrons. The molecule has 0 atom stereocenters. The summed E-state index contributed by atoms with van der Waals surface area (Å²) in [4.78, 5) is 4.55. The number of imidazole rings is 1. The van der Waals surface area contributed by atoms with E-state index >= 15 is 0 Å². The molecular weight excluding hydrogens is 274 g/mol. The summed E-state index contributed by atoms with van der Waals surface area (Å²) in [6.45, 7) is 1.86. The molecule has 2 aromatic rings. The number of hydrogen-bond acceptors (Lipinski definition) is 3. The number of nitrogens with zero attached hydrogens (tertiary/aromatic N) is 2. The van der Waals surface area contributed by atoms with Crippen molar-refractivity contribution in [3.8, 4) is 0 Å². The lowest BCUT2D eigenvalue weighted by molar-refractivity contribution is 0.128. The second kappa shape index (κ2) is 5.72. The van der Waals surface area contributed by atoms with E-state index in [1.54, 1.807) is 0 Å². The van der Waals surface area contributed by atoms with Crippen LogP contribution in [0, 0.1) is 5.41 Å². The minimum Gasteiger partial charge on any atom is -0.396 e. The molecule has 0 amide bonds. The van der Waals surface area contributed by atoms with Crippen molar-refractivity contribution in [1.82, 2.24) is 14.7 Å². The van der Waals surface area contributed by atoms with Gasteiger partial charge in [-0.1, -0.05) is 24.4 Å². The Labute approximate surface area is 123 Å². The highest BCUT2D eigenvalue weighted by atomic mass is 35.5. The van der Waals surface area contributed by atoms with Crippen molar-refractivity contribution in [3.63, 3.8) is 0 Å². The molecule has 1 aliphatic carbocycles. The fourth-order valence-electron chi connectivity index (χ4n) is 3.07. The summed E-state index contributed by atoms with van der Waals surface area (Å²) in [5, 5.41) is 13.7. The maximum atomic E-state index is 9.58. The van der Waals surface area contributed by atoms with E-state index in [1.165, 1.54) is 12.8 Å². The smallest absolute Gasteiger partial charge is 0.137 e. The summed E-state index contributed by atoms with van der Waals surface area (Å²) in [6.07, 6.45) is 8.56. The fourth-order valence-corrected chi connectivity index (χ4v) is 3.24. The van der Waals surface area contributed by atoms with E-state index in [2.05, 4.69) is 10.3 Å². The molecule has 0 aliphatic heterocycles. The van der Waals surface area contributed by atoms with Crippen LogP contribution in [0.5, 0.6) is 0 Å². The zero-order chi connectivity index (χ0) is 14.0. The fraction of sp³-hybridized carbons (Fsp3) is 0.533. The van der Waals surface area contributed by atoms with Crippen molar-refractivity contribution in [3.05, 3.63) is 35.2 Å². The van der Waals surface area contributed by atoms with E-state index in [0.29, 0.717) is 5.02 Å². The molecule has 2 N–H and O–H groups in total. The first-order valence-corrected chi connectivity index (χ1v) is 7.53. The number of aromatic nitrogens is 2. The molecule has 20 heavy (non-hydrogen) atoms. The van der Waals surface area contributed by atoms with Crippen LogP contribution in [0.25, 0.3) is 5.65 Å². The van der Waals surface area contributed by atoms with Crippen molar-refractivity contribution in [2.45, 2.75) is 32.2 Å². The van der Waals surface area contributed by atoms with E-state index < -0.39 is 0 Å². The molecule has 108 valence electrons. The van der Waals surface area contributed by atoms with Gasteiger partial charge in [0, 0.05) is 37.5 Å². The summed E-state index contributed by atoms with van der Waals surface area (Å²) in [5.74, 6) is 0. The van der Waals surface area contributed by atoms with Crippen molar-refractivity contribution < 1.29 is 5.11 Å². The van der Waals surface area contributed by atoms with E-state index in [1.807, 2.05) is 28.9 Å². The SMILES string of the molecule is OCC1(CNCc2cn3cc(Cl)ccc3n2)CCCC1. The Morgan fingerprint density at radius 2 is 2.10 bits per heavy atom. The van der Waals surface area contributed by atoms with Crippen molar-refractivity contribution in [2.24, 2.45) is 5.41 Å². The van der Waals surface area contributed by atoms with Crippen LogP contribution in [-0.4, -0.2) is 27.6 Å². The molecule has 1 fully saturated rings. The molecule has 1 saturated carbocycles. The van der Waals surface area contributed by atoms with Crippen LogP contribution in [0.4, 0.5) is 0 Å². The monoisotopic (exact) mass is 293 g/mol. The standard InChI is InChI=1S/C15H20ClN3O/c16-12-3-4-14-18-13(9-19(14)8-12)7-17-10-15(11-20)5-1-2-6-15/h3-4,8-9,17,20H,1-2,5-7,10-11H2. The van der Waals surface area contributed by atoms with Gasteiger partial charge in [0.1, 0.15) is 5.65 Å². The highest BCUT2D eigenvalue weighted by Gasteiger charge is 2.32. The largest absolute Gasteiger partial charge is 0.396 e. The lowest BCUT2D eigenvalue weighted by atomic mass is 9.87. The number of halogens is 1. The molecule has 0 bridgehead atoms. The molecule has 5 heteroatoms. The van der Waals surface area contributed by atoms with Gasteiger partial charge in [-0.3, -0.25) is 0 Å². The second-order valence-electron chi connectivity index (χ2n) is 5.81. The van der Waals surface area contributed by atoms with Gasteiger partial charge in [-0.15, -0.1) is 0 Å². The van der Waals surface area contributed by atoms with Crippen molar-refractivity contribution >= 4 is 17.2 Å². The molecule has 1 aliphatic rings. The highest BCUT2D eigenvalue weighted by Crippen LogP contribution is 2.36. The Morgan fingerprint density at radius 3 is 2.85 bits per heavy atom. The number of pyridine rings is 1. The van der Waals surface area contributed by atoms with Gasteiger partial charge in [0.15, 0.2) is 0 Å². The van der Waals surface area contributed by atoms with Crippen molar-refractivity contribution in [1.29, 1.82) is 0 Å². The van der Waals surface area contributed by atoms with Gasteiger partial charge < -0.3 is 14.8 Å². The second-order valence-corrected chi connectivity index (χ2v) is 6.25. The Bertz CT molecular complexity index is 590. The average Bonchev–Trinajstić information content (AvgIpc) is 3.05. The minimum absolute atomic E-state index is 0.0858. The topological polar surface area (TPSA) is 49.6 Å². The van der Waals surface area contributed by atoms with E-state index in [9.17, 15) is 5.11 Å². The van der Waals surface area contributed by atoms with Crippen LogP contribution in [0.3, 0.4) is 0 Å². The van der Waals surface area contributed by atoms with Gasteiger partial charge in [-0.2, -0.15) is 0 Å². The Kier molecular flexibility index (Phi) is 3.96. The van der Waals surface area contributed by atoms with Crippen LogP contribution in [0.15, 0.2) is 24.5 Å². The van der Waals surface area contributed by atoms with Gasteiger partial charge in [-0.25, -0.2) is 4.98 Å². The van der Waals surface area contributed by atoms with E-state index in [-0.39, 0.29) is 12.0 Å². The van der Waals surface area contributed by atoms with Gasteiger partial charge in [0.25, 0.3) is 0 Å². The quantitative estimate of drug-likeness (QED) is 0.891. The molecule has 0 spiro atoms. The molecule has 0 aromatic carbocycles. The number of aliphatic hydroxyl groups is 1. The predicted molar refractivity (Wildman–Crippen MR) is 79.9 cm³/mol. The van der Waals surface area contributed by atoms with Crippen LogP contribution < -0.4 is 5.32 Å². The normalized spacial score (nSPS) is 17.9. The first kappa shape index (κ1) is 13.9. The van der Waals surface area contributed by atoms with Crippen LogP contribution >= 0.6 is 11.6 Å². The average molecular weight is 294 g/mol. The summed E-state index contributed by atoms with van der Waals surface area (Å²) < 4.78 is 1.94. The number of nitrogens with one attached hydrogen (secondary N) is 1. The molecule has 4 nitrogen and oxygen atoms in total. The number of aliphatic hydroxyl groups excluding tert-OH is 1. The Hall–Kier alpha value is -1.10. The Balaban J connectivity index is 1.62. The van der Waals surface area contributed by atoms with Gasteiger partial charge in [-0.05, 0) is 25.0 Å². The summed E-state index contributed by atoms with van der Waals surface area (Å²) in [6, 6.07) is 3.76. The third-order valence-corrected chi connectivity index (χ3v) is 4.49.